The third-order valence-corrected chi connectivity index (χ3v) is 7.14. The number of sulfonamides is 2. The van der Waals surface area contributed by atoms with Gasteiger partial charge in [0.25, 0.3) is 0 Å². The normalized spacial score (nSPS) is 12.5. The largest absolute Gasteiger partial charge is 0.248 e. The predicted molar refractivity (Wildman–Crippen MR) is 92.3 cm³/mol. The van der Waals surface area contributed by atoms with Crippen LogP contribution in [0.3, 0.4) is 0 Å². The molecule has 0 aromatic heterocycles. The van der Waals surface area contributed by atoms with E-state index in [0.717, 1.165) is 43.4 Å². The first-order valence-electron chi connectivity index (χ1n) is 7.82. The zero-order chi connectivity index (χ0) is 21.1. The van der Waals surface area contributed by atoms with Crippen LogP contribution in [0, 0.1) is 23.3 Å². The summed E-state index contributed by atoms with van der Waals surface area (Å²) >= 11 is 0. The Morgan fingerprint density at radius 3 is 1.71 bits per heavy atom. The molecule has 154 valence electrons. The molecule has 0 saturated carbocycles. The van der Waals surface area contributed by atoms with E-state index >= 15 is 0 Å². The van der Waals surface area contributed by atoms with Gasteiger partial charge in [0, 0.05) is 20.1 Å². The van der Waals surface area contributed by atoms with Crippen LogP contribution in [-0.4, -0.2) is 41.3 Å². The fourth-order valence-electron chi connectivity index (χ4n) is 2.32. The van der Waals surface area contributed by atoms with Gasteiger partial charge in [-0.2, -0.15) is 0 Å². The first-order valence-corrected chi connectivity index (χ1v) is 10.7. The van der Waals surface area contributed by atoms with Crippen molar-refractivity contribution in [2.45, 2.75) is 16.2 Å². The van der Waals surface area contributed by atoms with E-state index in [1.807, 2.05) is 4.72 Å². The molecule has 0 radical (unpaired) electrons. The highest BCUT2D eigenvalue weighted by Gasteiger charge is 2.28. The lowest BCUT2D eigenvalue weighted by molar-refractivity contribution is 0.444. The predicted octanol–water partition coefficient (Wildman–Crippen LogP) is 2.23. The monoisotopic (exact) mass is 440 g/mol. The number of nitrogens with zero attached hydrogens (tertiary/aromatic N) is 1. The Balaban J connectivity index is 2.03. The number of nitrogens with one attached hydrogen (secondary N) is 1. The molecule has 0 heterocycles. The number of halogens is 4. The topological polar surface area (TPSA) is 83.6 Å². The zero-order valence-corrected chi connectivity index (χ0v) is 16.1. The van der Waals surface area contributed by atoms with Gasteiger partial charge >= 0.3 is 0 Å². The van der Waals surface area contributed by atoms with Gasteiger partial charge in [-0.05, 0) is 30.7 Å². The summed E-state index contributed by atoms with van der Waals surface area (Å²) in [7, 11) is -7.94. The van der Waals surface area contributed by atoms with Gasteiger partial charge in [0.2, 0.25) is 20.0 Å². The summed E-state index contributed by atoms with van der Waals surface area (Å²) in [5, 5.41) is 0. The van der Waals surface area contributed by atoms with Gasteiger partial charge in [0.05, 0.1) is 0 Å². The summed E-state index contributed by atoms with van der Waals surface area (Å²) in [6.45, 7) is -0.673. The van der Waals surface area contributed by atoms with Crippen LogP contribution >= 0.6 is 0 Å². The molecule has 0 unspecified atom stereocenters. The summed E-state index contributed by atoms with van der Waals surface area (Å²) < 4.78 is 106. The standard InChI is InChI=1S/C16H16F4N2O4S2/c1-22(28(25,26)16-13(19)7-3-8-14(16)20)10-4-9-21-27(23,24)15-11(17)5-2-6-12(15)18/h2-3,5-8,21H,4,9-10H2,1H3. The van der Waals surface area contributed by atoms with Gasteiger partial charge in [0.1, 0.15) is 23.3 Å². The smallest absolute Gasteiger partial charge is 0.211 e. The van der Waals surface area contributed by atoms with Crippen LogP contribution in [0.2, 0.25) is 0 Å². The Labute approximate surface area is 159 Å². The molecule has 0 fully saturated rings. The lowest BCUT2D eigenvalue weighted by atomic mass is 10.3. The van der Waals surface area contributed by atoms with Crippen LogP contribution < -0.4 is 4.72 Å². The molecule has 28 heavy (non-hydrogen) atoms. The van der Waals surface area contributed by atoms with Crippen molar-refractivity contribution >= 4 is 20.0 Å². The van der Waals surface area contributed by atoms with Crippen molar-refractivity contribution in [3.63, 3.8) is 0 Å². The lowest BCUT2D eigenvalue weighted by Crippen LogP contribution is -2.33. The molecule has 0 aliphatic rings. The molecule has 0 amide bonds. The highest BCUT2D eigenvalue weighted by Crippen LogP contribution is 2.22. The molecule has 0 saturated heterocycles. The van der Waals surface area contributed by atoms with Crippen molar-refractivity contribution in [2.75, 3.05) is 20.1 Å². The van der Waals surface area contributed by atoms with E-state index in [9.17, 15) is 34.4 Å². The van der Waals surface area contributed by atoms with Crippen LogP contribution in [0.5, 0.6) is 0 Å². The van der Waals surface area contributed by atoms with Gasteiger partial charge < -0.3 is 0 Å². The Morgan fingerprint density at radius 2 is 1.25 bits per heavy atom. The molecular weight excluding hydrogens is 424 g/mol. The third kappa shape index (κ3) is 4.69. The fraction of sp³-hybridized carbons (Fsp3) is 0.250. The van der Waals surface area contributed by atoms with E-state index in [4.69, 9.17) is 0 Å². The van der Waals surface area contributed by atoms with Crippen molar-refractivity contribution < 1.29 is 34.4 Å². The molecule has 0 spiro atoms. The van der Waals surface area contributed by atoms with Gasteiger partial charge in [0.15, 0.2) is 9.79 Å². The zero-order valence-electron chi connectivity index (χ0n) is 14.5. The first kappa shape index (κ1) is 22.3. The second kappa shape index (κ2) is 8.55. The molecule has 0 atom stereocenters. The summed E-state index contributed by atoms with van der Waals surface area (Å²) in [5.74, 6) is -5.07. The SMILES string of the molecule is CN(CCCNS(=O)(=O)c1c(F)cccc1F)S(=O)(=O)c1c(F)cccc1F. The van der Waals surface area contributed by atoms with Gasteiger partial charge in [-0.3, -0.25) is 0 Å². The highest BCUT2D eigenvalue weighted by atomic mass is 32.2. The second-order valence-corrected chi connectivity index (χ2v) is 9.36. The van der Waals surface area contributed by atoms with Crippen molar-refractivity contribution in [1.29, 1.82) is 0 Å². The minimum atomic E-state index is -4.51. The third-order valence-electron chi connectivity index (χ3n) is 3.72. The lowest BCUT2D eigenvalue weighted by Gasteiger charge is -2.18. The van der Waals surface area contributed by atoms with Gasteiger partial charge in [-0.1, -0.05) is 12.1 Å². The van der Waals surface area contributed by atoms with E-state index in [0.29, 0.717) is 4.31 Å². The fourth-order valence-corrected chi connectivity index (χ4v) is 4.84. The van der Waals surface area contributed by atoms with E-state index in [1.165, 1.54) is 0 Å². The van der Waals surface area contributed by atoms with Gasteiger partial charge in [-0.15, -0.1) is 0 Å². The van der Waals surface area contributed by atoms with Crippen molar-refractivity contribution in [3.8, 4) is 0 Å². The maximum Gasteiger partial charge on any atom is 0.248 e. The Hall–Kier alpha value is -2.02. The summed E-state index contributed by atoms with van der Waals surface area (Å²) in [6.07, 6.45) is -0.124. The average Bonchev–Trinajstić information content (AvgIpc) is 2.57. The summed E-state index contributed by atoms with van der Waals surface area (Å²) in [4.78, 5) is -2.27. The van der Waals surface area contributed by atoms with Crippen LogP contribution in [0.1, 0.15) is 6.42 Å². The van der Waals surface area contributed by atoms with Crippen LogP contribution in [0.15, 0.2) is 46.2 Å². The number of hydrogen-bond acceptors (Lipinski definition) is 4. The number of benzene rings is 2. The molecular formula is C16H16F4N2O4S2. The molecule has 0 aliphatic heterocycles. The average molecular weight is 440 g/mol. The van der Waals surface area contributed by atoms with Crippen LogP contribution in [0.4, 0.5) is 17.6 Å². The molecule has 2 rings (SSSR count). The second-order valence-electron chi connectivity index (χ2n) is 5.68. The quantitative estimate of drug-likeness (QED) is 0.504. The molecule has 1 N–H and O–H groups in total. The molecule has 6 nitrogen and oxygen atoms in total. The van der Waals surface area contributed by atoms with E-state index in [1.54, 1.807) is 0 Å². The van der Waals surface area contributed by atoms with E-state index in [-0.39, 0.29) is 19.5 Å². The maximum absolute atomic E-state index is 13.7. The van der Waals surface area contributed by atoms with Gasteiger partial charge in [-0.25, -0.2) is 43.4 Å². The number of hydrogen-bond donors (Lipinski definition) is 1. The van der Waals surface area contributed by atoms with Crippen LogP contribution in [0.25, 0.3) is 0 Å². The van der Waals surface area contributed by atoms with Crippen LogP contribution in [-0.2, 0) is 20.0 Å². The number of rotatable bonds is 8. The van der Waals surface area contributed by atoms with E-state index < -0.39 is 53.1 Å². The summed E-state index contributed by atoms with van der Waals surface area (Å²) in [5.41, 5.74) is 0. The van der Waals surface area contributed by atoms with Crippen molar-refractivity contribution in [2.24, 2.45) is 0 Å². The minimum absolute atomic E-state index is 0.124. The molecule has 2 aromatic carbocycles. The maximum atomic E-state index is 13.7. The van der Waals surface area contributed by atoms with Crippen molar-refractivity contribution in [1.82, 2.24) is 9.03 Å². The minimum Gasteiger partial charge on any atom is -0.211 e. The highest BCUT2D eigenvalue weighted by molar-refractivity contribution is 7.89. The molecule has 12 heteroatoms. The summed E-state index contributed by atoms with van der Waals surface area (Å²) in [6, 6.07) is 5.16. The first-order chi connectivity index (χ1) is 13.0. The molecule has 0 bridgehead atoms. The Morgan fingerprint density at radius 1 is 0.821 bits per heavy atom. The Kier molecular flexibility index (Phi) is 6.80. The molecule has 0 aliphatic carbocycles. The van der Waals surface area contributed by atoms with Crippen molar-refractivity contribution in [3.05, 3.63) is 59.7 Å². The molecule has 2 aromatic rings. The Bertz CT molecular complexity index is 1040. The van der Waals surface area contributed by atoms with E-state index in [2.05, 4.69) is 0 Å².